The zero-order valence-electron chi connectivity index (χ0n) is 9.52. The van der Waals surface area contributed by atoms with E-state index in [-0.39, 0.29) is 27.2 Å². The number of aliphatic hydroxyl groups is 1. The van der Waals surface area contributed by atoms with Gasteiger partial charge in [0, 0.05) is 11.9 Å². The molecule has 0 bridgehead atoms. The van der Waals surface area contributed by atoms with E-state index in [1.165, 1.54) is 24.4 Å². The first-order chi connectivity index (χ1) is 8.94. The van der Waals surface area contributed by atoms with Crippen LogP contribution in [0.25, 0.3) is 0 Å². The number of sulfonamides is 1. The first kappa shape index (κ1) is 14.2. The molecule has 0 spiro atoms. The van der Waals surface area contributed by atoms with Gasteiger partial charge in [-0.3, -0.25) is 4.72 Å². The minimum absolute atomic E-state index is 0.00691. The van der Waals surface area contributed by atoms with Crippen LogP contribution >= 0.6 is 23.2 Å². The fraction of sp³-hybridized carbons (Fsp3) is 0.0909. The Morgan fingerprint density at radius 2 is 1.89 bits per heavy atom. The molecule has 0 unspecified atom stereocenters. The van der Waals surface area contributed by atoms with Crippen LogP contribution in [-0.2, 0) is 16.6 Å². The van der Waals surface area contributed by atoms with Crippen LogP contribution in [0.2, 0.25) is 10.0 Å². The van der Waals surface area contributed by atoms with Crippen molar-refractivity contribution in [1.82, 2.24) is 4.98 Å². The largest absolute Gasteiger partial charge is 0.390 e. The van der Waals surface area contributed by atoms with E-state index in [1.807, 2.05) is 0 Å². The Morgan fingerprint density at radius 3 is 2.42 bits per heavy atom. The third-order valence-corrected chi connectivity index (χ3v) is 4.36. The van der Waals surface area contributed by atoms with Gasteiger partial charge >= 0.3 is 0 Å². The van der Waals surface area contributed by atoms with Crippen LogP contribution in [0, 0.1) is 0 Å². The summed E-state index contributed by atoms with van der Waals surface area (Å²) in [7, 11) is -3.81. The molecule has 2 rings (SSSR count). The van der Waals surface area contributed by atoms with Gasteiger partial charge in [-0.05, 0) is 18.2 Å². The van der Waals surface area contributed by atoms with Gasteiger partial charge in [0.1, 0.15) is 4.90 Å². The number of hydrogen-bond donors (Lipinski definition) is 3. The van der Waals surface area contributed by atoms with Crippen molar-refractivity contribution in [3.8, 4) is 0 Å². The molecule has 1 heterocycles. The van der Waals surface area contributed by atoms with Gasteiger partial charge < -0.3 is 10.1 Å². The summed E-state index contributed by atoms with van der Waals surface area (Å²) < 4.78 is 26.5. The van der Waals surface area contributed by atoms with Crippen molar-refractivity contribution in [2.75, 3.05) is 4.72 Å². The van der Waals surface area contributed by atoms with Crippen molar-refractivity contribution in [1.29, 1.82) is 0 Å². The van der Waals surface area contributed by atoms with Gasteiger partial charge in [0.15, 0.2) is 0 Å². The van der Waals surface area contributed by atoms with E-state index >= 15 is 0 Å². The van der Waals surface area contributed by atoms with Crippen molar-refractivity contribution in [2.24, 2.45) is 0 Å². The summed E-state index contributed by atoms with van der Waals surface area (Å²) in [6.45, 7) is -0.275. The Kier molecular flexibility index (Phi) is 4.05. The van der Waals surface area contributed by atoms with Crippen molar-refractivity contribution in [3.05, 3.63) is 46.2 Å². The maximum absolute atomic E-state index is 12.1. The van der Waals surface area contributed by atoms with Crippen molar-refractivity contribution in [2.45, 2.75) is 11.5 Å². The highest BCUT2D eigenvalue weighted by atomic mass is 35.5. The van der Waals surface area contributed by atoms with Crippen LogP contribution in [-0.4, -0.2) is 18.5 Å². The molecule has 102 valence electrons. The van der Waals surface area contributed by atoms with E-state index in [9.17, 15) is 8.42 Å². The number of rotatable bonds is 4. The average Bonchev–Trinajstić information content (AvgIpc) is 2.83. The van der Waals surface area contributed by atoms with Gasteiger partial charge in [-0.25, -0.2) is 8.42 Å². The first-order valence-electron chi connectivity index (χ1n) is 5.19. The molecule has 2 aromatic rings. The van der Waals surface area contributed by atoms with E-state index in [1.54, 1.807) is 6.07 Å². The highest BCUT2D eigenvalue weighted by Crippen LogP contribution is 2.31. The lowest BCUT2D eigenvalue weighted by Gasteiger charge is -2.09. The van der Waals surface area contributed by atoms with Gasteiger partial charge in [-0.2, -0.15) is 0 Å². The van der Waals surface area contributed by atoms with Gasteiger partial charge in [0.2, 0.25) is 0 Å². The number of aliphatic hydroxyl groups excluding tert-OH is 1. The van der Waals surface area contributed by atoms with E-state index < -0.39 is 10.0 Å². The van der Waals surface area contributed by atoms with Crippen LogP contribution in [0.5, 0.6) is 0 Å². The molecule has 0 saturated carbocycles. The molecule has 0 saturated heterocycles. The minimum atomic E-state index is -3.81. The number of benzene rings is 1. The van der Waals surface area contributed by atoms with Crippen LogP contribution < -0.4 is 4.72 Å². The van der Waals surface area contributed by atoms with Crippen molar-refractivity contribution < 1.29 is 13.5 Å². The standard InChI is InChI=1S/C11H10Cl2N2O3S/c12-9-2-1-3-10(13)11(9)15-19(17,18)8-4-7(6-16)14-5-8/h1-5,14-16H,6H2. The fourth-order valence-electron chi connectivity index (χ4n) is 1.45. The molecule has 0 fully saturated rings. The van der Waals surface area contributed by atoms with Gasteiger partial charge in [-0.1, -0.05) is 29.3 Å². The van der Waals surface area contributed by atoms with E-state index in [2.05, 4.69) is 9.71 Å². The Balaban J connectivity index is 2.36. The van der Waals surface area contributed by atoms with Crippen molar-refractivity contribution >= 4 is 38.9 Å². The number of aromatic amines is 1. The summed E-state index contributed by atoms with van der Waals surface area (Å²) in [5, 5.41) is 9.31. The Bertz CT molecular complexity index is 677. The summed E-state index contributed by atoms with van der Waals surface area (Å²) in [5.41, 5.74) is 0.517. The van der Waals surface area contributed by atoms with Gasteiger partial charge in [0.05, 0.1) is 22.3 Å². The maximum Gasteiger partial charge on any atom is 0.263 e. The number of halogens is 2. The van der Waals surface area contributed by atoms with E-state index in [4.69, 9.17) is 28.3 Å². The zero-order chi connectivity index (χ0) is 14.0. The second kappa shape index (κ2) is 5.42. The number of H-pyrrole nitrogens is 1. The average molecular weight is 321 g/mol. The molecule has 0 amide bonds. The highest BCUT2D eigenvalue weighted by Gasteiger charge is 2.19. The molecule has 1 aromatic heterocycles. The highest BCUT2D eigenvalue weighted by molar-refractivity contribution is 7.92. The molecule has 5 nitrogen and oxygen atoms in total. The van der Waals surface area contributed by atoms with E-state index in [0.29, 0.717) is 5.69 Å². The smallest absolute Gasteiger partial charge is 0.263 e. The van der Waals surface area contributed by atoms with Crippen LogP contribution in [0.3, 0.4) is 0 Å². The molecule has 19 heavy (non-hydrogen) atoms. The molecule has 0 aliphatic rings. The molecule has 0 aliphatic carbocycles. The predicted molar refractivity (Wildman–Crippen MR) is 74.0 cm³/mol. The molecular weight excluding hydrogens is 311 g/mol. The Labute approximate surface area is 120 Å². The SMILES string of the molecule is O=S(=O)(Nc1c(Cl)cccc1Cl)c1c[nH]c(CO)c1. The summed E-state index contributed by atoms with van der Waals surface area (Å²) in [6.07, 6.45) is 1.28. The van der Waals surface area contributed by atoms with Crippen molar-refractivity contribution in [3.63, 3.8) is 0 Å². The van der Waals surface area contributed by atoms with Crippen LogP contribution in [0.1, 0.15) is 5.69 Å². The fourth-order valence-corrected chi connectivity index (χ4v) is 3.18. The number of hydrogen-bond acceptors (Lipinski definition) is 3. The third kappa shape index (κ3) is 3.03. The second-order valence-corrected chi connectivity index (χ2v) is 6.22. The first-order valence-corrected chi connectivity index (χ1v) is 7.43. The number of nitrogens with one attached hydrogen (secondary N) is 2. The van der Waals surface area contributed by atoms with E-state index in [0.717, 1.165) is 0 Å². The van der Waals surface area contributed by atoms with Crippen LogP contribution in [0.15, 0.2) is 35.4 Å². The minimum Gasteiger partial charge on any atom is -0.390 e. The lowest BCUT2D eigenvalue weighted by atomic mass is 10.3. The summed E-state index contributed by atoms with van der Waals surface area (Å²) in [5.74, 6) is 0. The Hall–Kier alpha value is -1.21. The maximum atomic E-state index is 12.1. The van der Waals surface area contributed by atoms with Crippen LogP contribution in [0.4, 0.5) is 5.69 Å². The monoisotopic (exact) mass is 320 g/mol. The molecule has 1 aromatic carbocycles. The predicted octanol–water partition coefficient (Wildman–Crippen LogP) is 2.61. The number of anilines is 1. The molecule has 8 heteroatoms. The normalized spacial score (nSPS) is 11.5. The third-order valence-electron chi connectivity index (χ3n) is 2.40. The summed E-state index contributed by atoms with van der Waals surface area (Å²) >= 11 is 11.8. The lowest BCUT2D eigenvalue weighted by Crippen LogP contribution is -2.12. The molecule has 3 N–H and O–H groups in total. The zero-order valence-corrected chi connectivity index (χ0v) is 11.9. The second-order valence-electron chi connectivity index (χ2n) is 3.72. The molecular formula is C11H10Cl2N2O3S. The lowest BCUT2D eigenvalue weighted by molar-refractivity contribution is 0.277. The molecule has 0 atom stereocenters. The van der Waals surface area contributed by atoms with Gasteiger partial charge in [0.25, 0.3) is 10.0 Å². The summed E-state index contributed by atoms with van der Waals surface area (Å²) in [4.78, 5) is 2.63. The molecule has 0 radical (unpaired) electrons. The Morgan fingerprint density at radius 1 is 1.26 bits per heavy atom. The topological polar surface area (TPSA) is 82.2 Å². The molecule has 0 aliphatic heterocycles. The van der Waals surface area contributed by atoms with Gasteiger partial charge in [-0.15, -0.1) is 0 Å². The quantitative estimate of drug-likeness (QED) is 0.809. The number of para-hydroxylation sites is 1. The summed E-state index contributed by atoms with van der Waals surface area (Å²) in [6, 6.07) is 6.00. The number of aromatic nitrogens is 1.